The minimum atomic E-state index is -1.31. The number of phenols is 1. The number of carboxylic acid groups (broad SMARTS) is 1. The first kappa shape index (κ1) is 21.1. The van der Waals surface area contributed by atoms with Gasteiger partial charge in [-0.2, -0.15) is 0 Å². The number of phenolic OH excluding ortho intramolecular Hbond substituents is 1. The molecule has 1 spiro atoms. The van der Waals surface area contributed by atoms with Gasteiger partial charge in [0.05, 0.1) is 23.3 Å². The van der Waals surface area contributed by atoms with Gasteiger partial charge in [0.1, 0.15) is 17.1 Å². The van der Waals surface area contributed by atoms with Gasteiger partial charge >= 0.3 is 5.97 Å². The highest BCUT2D eigenvalue weighted by atomic mass is 16.5. The Bertz CT molecular complexity index is 923. The van der Waals surface area contributed by atoms with E-state index in [0.717, 1.165) is 18.9 Å². The summed E-state index contributed by atoms with van der Waals surface area (Å²) in [6.45, 7) is 8.05. The number of benzene rings is 1. The Balaban J connectivity index is 1.90. The number of carbonyl (C=O) groups is 2. The molecule has 1 aromatic rings. The number of carboxylic acids is 1. The Hall–Kier alpha value is -2.12. The molecule has 1 heterocycles. The SMILES string of the molecule is CC1CCC2C(C)(C)C(O)C(O)CC2(C)[C@@]12Cc1c(O)cc(C(=O)O)c(C=O)c1O2. The fourth-order valence-electron chi connectivity index (χ4n) is 6.94. The van der Waals surface area contributed by atoms with Crippen LogP contribution in [-0.2, 0) is 6.42 Å². The van der Waals surface area contributed by atoms with Crippen LogP contribution in [0.25, 0.3) is 0 Å². The average Bonchev–Trinajstić information content (AvgIpc) is 3.07. The first-order valence-electron chi connectivity index (χ1n) is 10.5. The fraction of sp³-hybridized carbons (Fsp3) is 0.652. The summed E-state index contributed by atoms with van der Waals surface area (Å²) in [5, 5.41) is 41.6. The molecule has 1 aliphatic heterocycles. The highest BCUT2D eigenvalue weighted by Gasteiger charge is 2.68. The van der Waals surface area contributed by atoms with E-state index in [4.69, 9.17) is 4.74 Å². The van der Waals surface area contributed by atoms with Crippen molar-refractivity contribution >= 4 is 12.3 Å². The van der Waals surface area contributed by atoms with Crippen LogP contribution in [0.4, 0.5) is 0 Å². The molecule has 2 fully saturated rings. The third kappa shape index (κ3) is 2.45. The van der Waals surface area contributed by atoms with Gasteiger partial charge in [-0.3, -0.25) is 4.79 Å². The van der Waals surface area contributed by atoms with Gasteiger partial charge in [0.25, 0.3) is 0 Å². The predicted octanol–water partition coefficient (Wildman–Crippen LogP) is 2.78. The van der Waals surface area contributed by atoms with Crippen LogP contribution in [0.15, 0.2) is 6.07 Å². The fourth-order valence-corrected chi connectivity index (χ4v) is 6.94. The standard InChI is InChI=1S/C23H30O7/c1-11-5-6-17-21(2,3)19(27)16(26)9-22(17,4)23(11)8-13-15(25)7-12(20(28)29)14(10-24)18(13)30-23/h7,10-11,16-17,19,25-27H,5-6,8-9H2,1-4H3,(H,28,29)/t11?,16?,17?,19?,22?,23-/m1/s1. The number of aliphatic hydroxyl groups excluding tert-OH is 2. The van der Waals surface area contributed by atoms with Gasteiger partial charge in [0.2, 0.25) is 0 Å². The Morgan fingerprint density at radius 2 is 1.90 bits per heavy atom. The molecule has 1 aromatic carbocycles. The zero-order valence-electron chi connectivity index (χ0n) is 17.8. The van der Waals surface area contributed by atoms with Crippen LogP contribution in [-0.4, -0.2) is 50.5 Å². The first-order valence-corrected chi connectivity index (χ1v) is 10.5. The molecule has 7 nitrogen and oxygen atoms in total. The van der Waals surface area contributed by atoms with Crippen molar-refractivity contribution < 1.29 is 34.8 Å². The lowest BCUT2D eigenvalue weighted by Gasteiger charge is -2.64. The number of aldehydes is 1. The number of aromatic carboxylic acids is 1. The quantitative estimate of drug-likeness (QED) is 0.544. The van der Waals surface area contributed by atoms with Gasteiger partial charge < -0.3 is 25.2 Å². The smallest absolute Gasteiger partial charge is 0.336 e. The maximum Gasteiger partial charge on any atom is 0.336 e. The molecule has 4 N–H and O–H groups in total. The van der Waals surface area contributed by atoms with Crippen molar-refractivity contribution in [2.75, 3.05) is 0 Å². The molecule has 0 radical (unpaired) electrons. The van der Waals surface area contributed by atoms with Crippen molar-refractivity contribution in [3.63, 3.8) is 0 Å². The van der Waals surface area contributed by atoms with Gasteiger partial charge in [-0.05, 0) is 42.6 Å². The Morgan fingerprint density at radius 3 is 2.50 bits per heavy atom. The molecule has 7 heteroatoms. The molecule has 30 heavy (non-hydrogen) atoms. The number of fused-ring (bicyclic) bond motifs is 3. The summed E-state index contributed by atoms with van der Waals surface area (Å²) < 4.78 is 6.54. The third-order valence-corrected chi connectivity index (χ3v) is 8.55. The van der Waals surface area contributed by atoms with Gasteiger partial charge in [-0.1, -0.05) is 27.7 Å². The van der Waals surface area contributed by atoms with E-state index in [-0.39, 0.29) is 34.5 Å². The molecule has 5 unspecified atom stereocenters. The second-order valence-electron chi connectivity index (χ2n) is 10.2. The van der Waals surface area contributed by atoms with Gasteiger partial charge in [0.15, 0.2) is 6.29 Å². The lowest BCUT2D eigenvalue weighted by atomic mass is 9.43. The van der Waals surface area contributed by atoms with E-state index in [1.807, 2.05) is 13.8 Å². The van der Waals surface area contributed by atoms with Crippen molar-refractivity contribution in [1.82, 2.24) is 0 Å². The third-order valence-electron chi connectivity index (χ3n) is 8.55. The largest absolute Gasteiger partial charge is 0.508 e. The Kier molecular flexibility index (Phi) is 4.53. The van der Waals surface area contributed by atoms with Crippen LogP contribution >= 0.6 is 0 Å². The van der Waals surface area contributed by atoms with Crippen LogP contribution in [0.2, 0.25) is 0 Å². The molecule has 0 amide bonds. The molecular formula is C23H30O7. The molecule has 2 saturated carbocycles. The van der Waals surface area contributed by atoms with E-state index >= 15 is 0 Å². The molecular weight excluding hydrogens is 388 g/mol. The van der Waals surface area contributed by atoms with Crippen LogP contribution in [0.3, 0.4) is 0 Å². The van der Waals surface area contributed by atoms with Crippen molar-refractivity contribution in [2.24, 2.45) is 22.7 Å². The number of hydrogen-bond donors (Lipinski definition) is 4. The molecule has 164 valence electrons. The first-order chi connectivity index (χ1) is 13.9. The maximum atomic E-state index is 11.8. The van der Waals surface area contributed by atoms with E-state index < -0.39 is 34.6 Å². The highest BCUT2D eigenvalue weighted by molar-refractivity contribution is 6.00. The number of hydrogen-bond acceptors (Lipinski definition) is 6. The zero-order chi connectivity index (χ0) is 22.2. The maximum absolute atomic E-state index is 11.8. The monoisotopic (exact) mass is 418 g/mol. The van der Waals surface area contributed by atoms with Crippen molar-refractivity contribution in [3.05, 3.63) is 22.8 Å². The second kappa shape index (κ2) is 6.44. The Labute approximate surface area is 175 Å². The van der Waals surface area contributed by atoms with Crippen LogP contribution < -0.4 is 4.74 Å². The van der Waals surface area contributed by atoms with Crippen LogP contribution in [0.5, 0.6) is 11.5 Å². The molecule has 6 atom stereocenters. The summed E-state index contributed by atoms with van der Waals surface area (Å²) in [6, 6.07) is 1.12. The van der Waals surface area contributed by atoms with Crippen molar-refractivity contribution in [1.29, 1.82) is 0 Å². The van der Waals surface area contributed by atoms with Gasteiger partial charge in [-0.25, -0.2) is 4.79 Å². The number of carbonyl (C=O) groups excluding carboxylic acids is 1. The molecule has 4 rings (SSSR count). The Morgan fingerprint density at radius 1 is 1.23 bits per heavy atom. The average molecular weight is 418 g/mol. The van der Waals surface area contributed by atoms with Crippen LogP contribution in [0, 0.1) is 22.7 Å². The number of ether oxygens (including phenoxy) is 1. The van der Waals surface area contributed by atoms with E-state index in [1.54, 1.807) is 0 Å². The molecule has 0 saturated heterocycles. The molecule has 0 bridgehead atoms. The van der Waals surface area contributed by atoms with Gasteiger partial charge in [-0.15, -0.1) is 0 Å². The minimum absolute atomic E-state index is 0.0367. The number of aliphatic hydroxyl groups is 2. The zero-order valence-corrected chi connectivity index (χ0v) is 17.8. The summed E-state index contributed by atoms with van der Waals surface area (Å²) in [5.74, 6) is -1.29. The number of rotatable bonds is 2. The summed E-state index contributed by atoms with van der Waals surface area (Å²) in [5.41, 5.74) is -1.86. The lowest BCUT2D eigenvalue weighted by molar-refractivity contribution is -0.240. The molecule has 0 aromatic heterocycles. The van der Waals surface area contributed by atoms with E-state index in [9.17, 15) is 30.0 Å². The summed E-state index contributed by atoms with van der Waals surface area (Å²) in [6.07, 6.45) is 1.02. The summed E-state index contributed by atoms with van der Waals surface area (Å²) in [7, 11) is 0. The highest BCUT2D eigenvalue weighted by Crippen LogP contribution is 2.66. The molecule has 3 aliphatic rings. The summed E-state index contributed by atoms with van der Waals surface area (Å²) >= 11 is 0. The van der Waals surface area contributed by atoms with Crippen LogP contribution in [0.1, 0.15) is 73.2 Å². The topological polar surface area (TPSA) is 124 Å². The van der Waals surface area contributed by atoms with Crippen molar-refractivity contribution in [2.45, 2.75) is 71.2 Å². The summed E-state index contributed by atoms with van der Waals surface area (Å²) in [4.78, 5) is 23.5. The van der Waals surface area contributed by atoms with E-state index in [0.29, 0.717) is 24.7 Å². The number of aromatic hydroxyl groups is 1. The second-order valence-corrected chi connectivity index (χ2v) is 10.2. The lowest BCUT2D eigenvalue weighted by Crippen LogP contribution is -2.69. The van der Waals surface area contributed by atoms with E-state index in [1.165, 1.54) is 0 Å². The van der Waals surface area contributed by atoms with Gasteiger partial charge in [0, 0.05) is 17.4 Å². The van der Waals surface area contributed by atoms with E-state index in [2.05, 4.69) is 13.8 Å². The minimum Gasteiger partial charge on any atom is -0.508 e. The predicted molar refractivity (Wildman–Crippen MR) is 108 cm³/mol. The van der Waals surface area contributed by atoms with Crippen molar-refractivity contribution in [3.8, 4) is 11.5 Å². The molecule has 2 aliphatic carbocycles. The normalized spacial score (nSPS) is 39.1.